The Bertz CT molecular complexity index is 770. The zero-order valence-corrected chi connectivity index (χ0v) is 12.0. The van der Waals surface area contributed by atoms with Crippen molar-refractivity contribution in [2.45, 2.75) is 31.2 Å². The van der Waals surface area contributed by atoms with Gasteiger partial charge in [0.15, 0.2) is 0 Å². The number of fused-ring (bicyclic) bond motifs is 1. The number of pyridine rings is 2. The second-order valence-electron chi connectivity index (χ2n) is 5.91. The van der Waals surface area contributed by atoms with Crippen molar-refractivity contribution in [2.24, 2.45) is 0 Å². The summed E-state index contributed by atoms with van der Waals surface area (Å²) in [6.07, 6.45) is 6.35. The van der Waals surface area contributed by atoms with Crippen molar-refractivity contribution in [1.29, 1.82) is 0 Å². The molecule has 1 aliphatic heterocycles. The van der Waals surface area contributed by atoms with E-state index in [1.807, 2.05) is 6.07 Å². The van der Waals surface area contributed by atoms with E-state index in [1.54, 1.807) is 18.5 Å². The summed E-state index contributed by atoms with van der Waals surface area (Å²) in [5.74, 6) is 0.176. The predicted octanol–water partition coefficient (Wildman–Crippen LogP) is 1.13. The van der Waals surface area contributed by atoms with Crippen LogP contribution in [0.1, 0.15) is 41.2 Å². The van der Waals surface area contributed by atoms with Gasteiger partial charge in [-0.1, -0.05) is 0 Å². The third-order valence-electron chi connectivity index (χ3n) is 4.20. The van der Waals surface area contributed by atoms with Crippen LogP contribution in [-0.2, 0) is 4.79 Å². The first-order valence-corrected chi connectivity index (χ1v) is 7.55. The minimum Gasteiger partial charge on any atom is -0.354 e. The molecule has 2 N–H and O–H groups in total. The van der Waals surface area contributed by atoms with Crippen molar-refractivity contribution in [1.82, 2.24) is 20.6 Å². The standard InChI is InChI=1S/C16H16N4O2/c21-15(20-12-3-4-17-16(12)22)11-5-10-7-18-13(9-1-2-9)6-14(10)19-8-11/h5-9,12H,1-4H2,(H,17,22)(H,20,21)/t12-/m0/s1. The third kappa shape index (κ3) is 2.41. The Labute approximate surface area is 127 Å². The van der Waals surface area contributed by atoms with E-state index in [4.69, 9.17) is 0 Å². The van der Waals surface area contributed by atoms with Gasteiger partial charge in [-0.2, -0.15) is 0 Å². The summed E-state index contributed by atoms with van der Waals surface area (Å²) < 4.78 is 0. The monoisotopic (exact) mass is 296 g/mol. The SMILES string of the molecule is O=C(N[C@H]1CCNC1=O)c1cnc2cc(C3CC3)ncc2c1. The lowest BCUT2D eigenvalue weighted by Crippen LogP contribution is -2.40. The van der Waals surface area contributed by atoms with Gasteiger partial charge in [0.2, 0.25) is 5.91 Å². The van der Waals surface area contributed by atoms with Gasteiger partial charge in [-0.05, 0) is 31.4 Å². The second-order valence-corrected chi connectivity index (χ2v) is 5.91. The van der Waals surface area contributed by atoms with Crippen molar-refractivity contribution < 1.29 is 9.59 Å². The normalized spacial score (nSPS) is 20.9. The fraction of sp³-hybridized carbons (Fsp3) is 0.375. The summed E-state index contributed by atoms with van der Waals surface area (Å²) in [7, 11) is 0. The molecule has 2 aromatic rings. The fourth-order valence-electron chi connectivity index (χ4n) is 2.74. The number of aromatic nitrogens is 2. The van der Waals surface area contributed by atoms with Gasteiger partial charge in [0.25, 0.3) is 5.91 Å². The van der Waals surface area contributed by atoms with Gasteiger partial charge in [0.1, 0.15) is 6.04 Å². The van der Waals surface area contributed by atoms with Crippen LogP contribution in [0.25, 0.3) is 10.9 Å². The molecule has 2 amide bonds. The van der Waals surface area contributed by atoms with E-state index in [-0.39, 0.29) is 11.8 Å². The van der Waals surface area contributed by atoms with Gasteiger partial charge in [-0.15, -0.1) is 0 Å². The van der Waals surface area contributed by atoms with Crippen LogP contribution in [-0.4, -0.2) is 34.4 Å². The van der Waals surface area contributed by atoms with Gasteiger partial charge < -0.3 is 10.6 Å². The number of amides is 2. The first-order valence-electron chi connectivity index (χ1n) is 7.55. The van der Waals surface area contributed by atoms with Crippen molar-refractivity contribution in [3.63, 3.8) is 0 Å². The second kappa shape index (κ2) is 5.05. The van der Waals surface area contributed by atoms with E-state index in [0.717, 1.165) is 16.6 Å². The number of hydrogen-bond acceptors (Lipinski definition) is 4. The van der Waals surface area contributed by atoms with E-state index in [9.17, 15) is 9.59 Å². The van der Waals surface area contributed by atoms with Crippen LogP contribution in [0.5, 0.6) is 0 Å². The average Bonchev–Trinajstić information content (AvgIpc) is 3.31. The molecule has 0 spiro atoms. The Kier molecular flexibility index (Phi) is 3.03. The number of nitrogens with zero attached hydrogens (tertiary/aromatic N) is 2. The Morgan fingerprint density at radius 2 is 2.05 bits per heavy atom. The molecular formula is C16H16N4O2. The van der Waals surface area contributed by atoms with Crippen LogP contribution < -0.4 is 10.6 Å². The molecule has 1 saturated heterocycles. The Morgan fingerprint density at radius 1 is 1.18 bits per heavy atom. The fourth-order valence-corrected chi connectivity index (χ4v) is 2.74. The highest BCUT2D eigenvalue weighted by molar-refractivity contribution is 6.00. The summed E-state index contributed by atoms with van der Waals surface area (Å²) in [5, 5.41) is 6.28. The summed E-state index contributed by atoms with van der Waals surface area (Å²) >= 11 is 0. The molecule has 1 aliphatic carbocycles. The molecule has 1 atom stereocenters. The highest BCUT2D eigenvalue weighted by Gasteiger charge is 2.27. The van der Waals surface area contributed by atoms with Crippen LogP contribution in [0.4, 0.5) is 0 Å². The highest BCUT2D eigenvalue weighted by atomic mass is 16.2. The van der Waals surface area contributed by atoms with Gasteiger partial charge in [0, 0.05) is 35.9 Å². The molecule has 2 aromatic heterocycles. The Morgan fingerprint density at radius 3 is 2.77 bits per heavy atom. The minimum absolute atomic E-state index is 0.127. The molecule has 0 bridgehead atoms. The number of hydrogen-bond donors (Lipinski definition) is 2. The van der Waals surface area contributed by atoms with E-state index >= 15 is 0 Å². The molecule has 6 nitrogen and oxygen atoms in total. The zero-order valence-electron chi connectivity index (χ0n) is 12.0. The maximum Gasteiger partial charge on any atom is 0.253 e. The van der Waals surface area contributed by atoms with E-state index in [1.165, 1.54) is 12.8 Å². The molecule has 2 fully saturated rings. The predicted molar refractivity (Wildman–Crippen MR) is 80.4 cm³/mol. The highest BCUT2D eigenvalue weighted by Crippen LogP contribution is 2.39. The first kappa shape index (κ1) is 13.2. The minimum atomic E-state index is -0.446. The average molecular weight is 296 g/mol. The lowest BCUT2D eigenvalue weighted by Gasteiger charge is -2.10. The topological polar surface area (TPSA) is 84.0 Å². The molecule has 1 saturated carbocycles. The molecular weight excluding hydrogens is 280 g/mol. The summed E-state index contributed by atoms with van der Waals surface area (Å²) in [6.45, 7) is 0.605. The molecule has 112 valence electrons. The molecule has 22 heavy (non-hydrogen) atoms. The number of rotatable bonds is 3. The molecule has 0 aromatic carbocycles. The van der Waals surface area contributed by atoms with Gasteiger partial charge in [-0.25, -0.2) is 0 Å². The summed E-state index contributed by atoms with van der Waals surface area (Å²) in [5.41, 5.74) is 2.39. The quantitative estimate of drug-likeness (QED) is 0.889. The molecule has 0 radical (unpaired) electrons. The largest absolute Gasteiger partial charge is 0.354 e. The molecule has 2 aliphatic rings. The number of carbonyl (C=O) groups excluding carboxylic acids is 2. The van der Waals surface area contributed by atoms with Crippen molar-refractivity contribution in [2.75, 3.05) is 6.54 Å². The van der Waals surface area contributed by atoms with Crippen LogP contribution in [0.15, 0.2) is 24.5 Å². The van der Waals surface area contributed by atoms with Crippen LogP contribution >= 0.6 is 0 Å². The number of nitrogens with one attached hydrogen (secondary N) is 2. The van der Waals surface area contributed by atoms with E-state index < -0.39 is 6.04 Å². The van der Waals surface area contributed by atoms with Gasteiger partial charge in [0.05, 0.1) is 11.1 Å². The van der Waals surface area contributed by atoms with Crippen LogP contribution in [0.2, 0.25) is 0 Å². The van der Waals surface area contributed by atoms with Crippen LogP contribution in [0.3, 0.4) is 0 Å². The van der Waals surface area contributed by atoms with Gasteiger partial charge in [-0.3, -0.25) is 19.6 Å². The van der Waals surface area contributed by atoms with Gasteiger partial charge >= 0.3 is 0 Å². The molecule has 4 rings (SSSR count). The third-order valence-corrected chi connectivity index (χ3v) is 4.20. The molecule has 6 heteroatoms. The van der Waals surface area contributed by atoms with Crippen molar-refractivity contribution in [3.8, 4) is 0 Å². The first-order chi connectivity index (χ1) is 10.7. The van der Waals surface area contributed by atoms with Crippen molar-refractivity contribution >= 4 is 22.7 Å². The lowest BCUT2D eigenvalue weighted by atomic mass is 10.1. The molecule has 3 heterocycles. The maximum atomic E-state index is 12.2. The van der Waals surface area contributed by atoms with Crippen LogP contribution in [0, 0.1) is 0 Å². The number of carbonyl (C=O) groups is 2. The van der Waals surface area contributed by atoms with E-state index in [2.05, 4.69) is 20.6 Å². The summed E-state index contributed by atoms with van der Waals surface area (Å²) in [4.78, 5) is 32.5. The maximum absolute atomic E-state index is 12.2. The lowest BCUT2D eigenvalue weighted by molar-refractivity contribution is -0.120. The van der Waals surface area contributed by atoms with E-state index in [0.29, 0.717) is 24.4 Å². The van der Waals surface area contributed by atoms with Crippen molar-refractivity contribution in [3.05, 3.63) is 35.8 Å². The smallest absolute Gasteiger partial charge is 0.253 e. The Balaban J connectivity index is 1.57. The molecule has 0 unspecified atom stereocenters. The Hall–Kier alpha value is -2.50. The summed E-state index contributed by atoms with van der Waals surface area (Å²) in [6, 6.07) is 3.33. The zero-order chi connectivity index (χ0) is 15.1.